The van der Waals surface area contributed by atoms with Crippen molar-refractivity contribution in [3.05, 3.63) is 24.3 Å². The molecule has 0 fully saturated rings. The van der Waals surface area contributed by atoms with Gasteiger partial charge in [0.2, 0.25) is 0 Å². The molecule has 2 N–H and O–H groups in total. The van der Waals surface area contributed by atoms with Gasteiger partial charge in [-0.25, -0.2) is 9.59 Å². The van der Waals surface area contributed by atoms with Gasteiger partial charge in [0.15, 0.2) is 6.61 Å². The molecule has 0 heterocycles. The number of hydrogen-bond acceptors (Lipinski definition) is 5. The summed E-state index contributed by atoms with van der Waals surface area (Å²) in [6, 6.07) is 6.66. The number of amides is 1. The zero-order valence-corrected chi connectivity index (χ0v) is 13.6. The molecule has 1 aromatic rings. The maximum Gasteiger partial charge on any atom is 0.407 e. The molecule has 0 aliphatic carbocycles. The van der Waals surface area contributed by atoms with Crippen molar-refractivity contribution in [1.82, 2.24) is 5.32 Å². The van der Waals surface area contributed by atoms with Crippen LogP contribution in [-0.2, 0) is 9.53 Å². The van der Waals surface area contributed by atoms with Crippen molar-refractivity contribution >= 4 is 12.1 Å². The molecule has 128 valence electrons. The zero-order chi connectivity index (χ0) is 17.3. The van der Waals surface area contributed by atoms with E-state index in [1.54, 1.807) is 45.0 Å². The van der Waals surface area contributed by atoms with Crippen LogP contribution in [0, 0.1) is 0 Å². The standard InChI is InChI=1S/C16H23NO6/c1-16(2,3)23-15(20)17-9-4-10-21-12-5-7-13(8-6-12)22-11-14(18)19/h5-8H,4,9-11H2,1-3H3,(H,17,20)(H,18,19). The van der Waals surface area contributed by atoms with Crippen LogP contribution in [0.15, 0.2) is 24.3 Å². The third-order valence-corrected chi connectivity index (χ3v) is 2.44. The third kappa shape index (κ3) is 9.23. The second-order valence-electron chi connectivity index (χ2n) is 5.78. The Morgan fingerprint density at radius 1 is 1.09 bits per heavy atom. The van der Waals surface area contributed by atoms with E-state index in [9.17, 15) is 9.59 Å². The first-order valence-electron chi connectivity index (χ1n) is 7.30. The summed E-state index contributed by atoms with van der Waals surface area (Å²) >= 11 is 0. The van der Waals surface area contributed by atoms with Gasteiger partial charge in [-0.1, -0.05) is 0 Å². The number of carboxylic acid groups (broad SMARTS) is 1. The van der Waals surface area contributed by atoms with E-state index < -0.39 is 17.7 Å². The number of rotatable bonds is 8. The zero-order valence-electron chi connectivity index (χ0n) is 13.6. The SMILES string of the molecule is CC(C)(C)OC(=O)NCCCOc1ccc(OCC(=O)O)cc1. The van der Waals surface area contributed by atoms with Gasteiger partial charge in [0.1, 0.15) is 17.1 Å². The average molecular weight is 325 g/mol. The van der Waals surface area contributed by atoms with Gasteiger partial charge in [0.05, 0.1) is 6.61 Å². The van der Waals surface area contributed by atoms with Crippen molar-refractivity contribution in [3.63, 3.8) is 0 Å². The maximum atomic E-state index is 11.4. The van der Waals surface area contributed by atoms with E-state index in [0.29, 0.717) is 31.1 Å². The van der Waals surface area contributed by atoms with Crippen molar-refractivity contribution < 1.29 is 28.9 Å². The van der Waals surface area contributed by atoms with Gasteiger partial charge in [-0.15, -0.1) is 0 Å². The fourth-order valence-electron chi connectivity index (χ4n) is 1.54. The smallest absolute Gasteiger partial charge is 0.407 e. The van der Waals surface area contributed by atoms with E-state index in [-0.39, 0.29) is 6.61 Å². The predicted molar refractivity (Wildman–Crippen MR) is 83.9 cm³/mol. The van der Waals surface area contributed by atoms with Crippen LogP contribution in [0.1, 0.15) is 27.2 Å². The lowest BCUT2D eigenvalue weighted by molar-refractivity contribution is -0.139. The van der Waals surface area contributed by atoms with E-state index in [1.165, 1.54) is 0 Å². The Morgan fingerprint density at radius 3 is 2.17 bits per heavy atom. The highest BCUT2D eigenvalue weighted by molar-refractivity contribution is 5.68. The number of alkyl carbamates (subject to hydrolysis) is 1. The van der Waals surface area contributed by atoms with Crippen LogP contribution in [0.5, 0.6) is 11.5 Å². The summed E-state index contributed by atoms with van der Waals surface area (Å²) in [5, 5.41) is 11.2. The average Bonchev–Trinajstić information content (AvgIpc) is 2.44. The molecule has 7 heteroatoms. The molecule has 0 saturated heterocycles. The number of carbonyl (C=O) groups is 2. The first-order chi connectivity index (χ1) is 10.8. The summed E-state index contributed by atoms with van der Waals surface area (Å²) in [5.74, 6) is 0.0825. The van der Waals surface area contributed by atoms with Gasteiger partial charge in [-0.2, -0.15) is 0 Å². The van der Waals surface area contributed by atoms with Crippen molar-refractivity contribution in [3.8, 4) is 11.5 Å². The third-order valence-electron chi connectivity index (χ3n) is 2.44. The molecule has 0 spiro atoms. The number of benzene rings is 1. The molecule has 0 atom stereocenters. The summed E-state index contributed by atoms with van der Waals surface area (Å²) in [6.07, 6.45) is 0.189. The molecule has 0 bridgehead atoms. The minimum Gasteiger partial charge on any atom is -0.494 e. The van der Waals surface area contributed by atoms with Crippen LogP contribution in [0.4, 0.5) is 4.79 Å². The Hall–Kier alpha value is -2.44. The Bertz CT molecular complexity index is 506. The van der Waals surface area contributed by atoms with Crippen LogP contribution in [0.2, 0.25) is 0 Å². The molecule has 0 aliphatic heterocycles. The number of hydrogen-bond donors (Lipinski definition) is 2. The van der Waals surface area contributed by atoms with Crippen molar-refractivity contribution in [2.75, 3.05) is 19.8 Å². The summed E-state index contributed by atoms with van der Waals surface area (Å²) < 4.78 is 15.6. The van der Waals surface area contributed by atoms with Gasteiger partial charge in [0, 0.05) is 6.54 Å². The Balaban J connectivity index is 2.18. The van der Waals surface area contributed by atoms with Crippen molar-refractivity contribution in [2.45, 2.75) is 32.8 Å². The number of carbonyl (C=O) groups excluding carboxylic acids is 1. The van der Waals surface area contributed by atoms with Gasteiger partial charge in [0.25, 0.3) is 0 Å². The summed E-state index contributed by atoms with van der Waals surface area (Å²) in [6.45, 7) is 5.93. The minimum atomic E-state index is -1.03. The van der Waals surface area contributed by atoms with Gasteiger partial charge in [-0.3, -0.25) is 0 Å². The van der Waals surface area contributed by atoms with E-state index in [2.05, 4.69) is 5.32 Å². The van der Waals surface area contributed by atoms with Crippen LogP contribution < -0.4 is 14.8 Å². The highest BCUT2D eigenvalue weighted by Crippen LogP contribution is 2.17. The second kappa shape index (κ2) is 8.87. The molecule has 23 heavy (non-hydrogen) atoms. The van der Waals surface area contributed by atoms with E-state index in [4.69, 9.17) is 19.3 Å². The van der Waals surface area contributed by atoms with Gasteiger partial charge in [-0.05, 0) is 51.5 Å². The fraction of sp³-hybridized carbons (Fsp3) is 0.500. The fourth-order valence-corrected chi connectivity index (χ4v) is 1.54. The normalized spacial score (nSPS) is 10.7. The topological polar surface area (TPSA) is 94.1 Å². The van der Waals surface area contributed by atoms with Crippen LogP contribution in [0.3, 0.4) is 0 Å². The molecule has 1 rings (SSSR count). The van der Waals surface area contributed by atoms with Crippen LogP contribution >= 0.6 is 0 Å². The van der Waals surface area contributed by atoms with Crippen molar-refractivity contribution in [2.24, 2.45) is 0 Å². The Morgan fingerprint density at radius 2 is 1.65 bits per heavy atom. The quantitative estimate of drug-likeness (QED) is 0.713. The molecule has 0 aromatic heterocycles. The molecule has 0 saturated carbocycles. The Labute approximate surface area is 135 Å². The van der Waals surface area contributed by atoms with Crippen molar-refractivity contribution in [1.29, 1.82) is 0 Å². The number of aliphatic carboxylic acids is 1. The number of nitrogens with one attached hydrogen (secondary N) is 1. The largest absolute Gasteiger partial charge is 0.494 e. The van der Waals surface area contributed by atoms with Crippen LogP contribution in [0.25, 0.3) is 0 Å². The lowest BCUT2D eigenvalue weighted by Crippen LogP contribution is -2.33. The minimum absolute atomic E-state index is 0.378. The monoisotopic (exact) mass is 325 g/mol. The summed E-state index contributed by atoms with van der Waals surface area (Å²) in [4.78, 5) is 21.8. The highest BCUT2D eigenvalue weighted by atomic mass is 16.6. The molecule has 1 amide bonds. The van der Waals surface area contributed by atoms with E-state index >= 15 is 0 Å². The predicted octanol–water partition coefficient (Wildman–Crippen LogP) is 2.44. The molecule has 0 unspecified atom stereocenters. The molecule has 0 aliphatic rings. The summed E-state index contributed by atoms with van der Waals surface area (Å²) in [7, 11) is 0. The molecule has 7 nitrogen and oxygen atoms in total. The summed E-state index contributed by atoms with van der Waals surface area (Å²) in [5.41, 5.74) is -0.509. The first kappa shape index (κ1) is 18.6. The highest BCUT2D eigenvalue weighted by Gasteiger charge is 2.15. The second-order valence-corrected chi connectivity index (χ2v) is 5.78. The lowest BCUT2D eigenvalue weighted by Gasteiger charge is -2.19. The van der Waals surface area contributed by atoms with Crippen LogP contribution in [-0.4, -0.2) is 42.5 Å². The van der Waals surface area contributed by atoms with Gasteiger partial charge < -0.3 is 24.6 Å². The number of carboxylic acids is 1. The lowest BCUT2D eigenvalue weighted by atomic mass is 10.2. The molecular weight excluding hydrogens is 302 g/mol. The first-order valence-corrected chi connectivity index (χ1v) is 7.30. The maximum absolute atomic E-state index is 11.4. The van der Waals surface area contributed by atoms with E-state index in [0.717, 1.165) is 0 Å². The van der Waals surface area contributed by atoms with Gasteiger partial charge >= 0.3 is 12.1 Å². The molecular formula is C16H23NO6. The van der Waals surface area contributed by atoms with E-state index in [1.807, 2.05) is 0 Å². The molecule has 1 aromatic carbocycles. The molecule has 0 radical (unpaired) electrons. The number of ether oxygens (including phenoxy) is 3. The Kier molecular flexibility index (Phi) is 7.18.